The summed E-state index contributed by atoms with van der Waals surface area (Å²) >= 11 is 1.38. The van der Waals surface area contributed by atoms with Crippen LogP contribution in [0.1, 0.15) is 27.9 Å². The van der Waals surface area contributed by atoms with Crippen molar-refractivity contribution in [2.45, 2.75) is 20.3 Å². The molecular weight excluding hydrogens is 380 g/mol. The number of rotatable bonds is 6. The van der Waals surface area contributed by atoms with Crippen molar-refractivity contribution in [1.82, 2.24) is 4.98 Å². The molecular formula is C21H24F2N3OS+. The van der Waals surface area contributed by atoms with E-state index in [4.69, 9.17) is 0 Å². The molecule has 1 amide bonds. The van der Waals surface area contributed by atoms with E-state index in [0.29, 0.717) is 18.1 Å². The van der Waals surface area contributed by atoms with Gasteiger partial charge in [-0.1, -0.05) is 23.5 Å². The van der Waals surface area contributed by atoms with Gasteiger partial charge in [-0.05, 0) is 43.2 Å². The molecule has 0 fully saturated rings. The van der Waals surface area contributed by atoms with Crippen LogP contribution in [0.5, 0.6) is 0 Å². The van der Waals surface area contributed by atoms with Gasteiger partial charge in [-0.3, -0.25) is 9.69 Å². The number of nitrogens with zero attached hydrogens (tertiary/aromatic N) is 2. The lowest BCUT2D eigenvalue weighted by Crippen LogP contribution is -3.05. The van der Waals surface area contributed by atoms with Crippen molar-refractivity contribution < 1.29 is 18.5 Å². The van der Waals surface area contributed by atoms with Crippen molar-refractivity contribution >= 4 is 32.6 Å². The molecule has 0 bridgehead atoms. The van der Waals surface area contributed by atoms with Gasteiger partial charge in [0.1, 0.15) is 17.2 Å². The van der Waals surface area contributed by atoms with Crippen molar-refractivity contribution in [3.63, 3.8) is 0 Å². The fourth-order valence-electron chi connectivity index (χ4n) is 3.19. The van der Waals surface area contributed by atoms with Gasteiger partial charge in [0.05, 0.1) is 30.9 Å². The van der Waals surface area contributed by atoms with Crippen LogP contribution in [0.15, 0.2) is 30.3 Å². The summed E-state index contributed by atoms with van der Waals surface area (Å²) in [6.45, 7) is 5.15. The molecule has 148 valence electrons. The molecule has 1 N–H and O–H groups in total. The van der Waals surface area contributed by atoms with E-state index >= 15 is 0 Å². The average Bonchev–Trinajstić information content (AvgIpc) is 3.02. The van der Waals surface area contributed by atoms with E-state index < -0.39 is 23.1 Å². The maximum Gasteiger partial charge on any atom is 0.266 e. The Kier molecular flexibility index (Phi) is 6.05. The van der Waals surface area contributed by atoms with Crippen LogP contribution in [-0.2, 0) is 0 Å². The molecule has 0 aliphatic carbocycles. The summed E-state index contributed by atoms with van der Waals surface area (Å²) in [5, 5.41) is 0.463. The smallest absolute Gasteiger partial charge is 0.266 e. The highest BCUT2D eigenvalue weighted by Gasteiger charge is 2.26. The van der Waals surface area contributed by atoms with Crippen molar-refractivity contribution in [3.05, 3.63) is 58.7 Å². The number of amides is 1. The summed E-state index contributed by atoms with van der Waals surface area (Å²) in [5.41, 5.74) is 2.41. The number of aryl methyl sites for hydroxylation is 2. The lowest BCUT2D eigenvalue weighted by Gasteiger charge is -2.21. The summed E-state index contributed by atoms with van der Waals surface area (Å²) < 4.78 is 29.5. The van der Waals surface area contributed by atoms with E-state index in [1.165, 1.54) is 27.2 Å². The average molecular weight is 405 g/mol. The van der Waals surface area contributed by atoms with Gasteiger partial charge in [-0.25, -0.2) is 13.8 Å². The third-order valence-electron chi connectivity index (χ3n) is 4.52. The topological polar surface area (TPSA) is 37.6 Å². The van der Waals surface area contributed by atoms with Gasteiger partial charge in [0.25, 0.3) is 5.91 Å². The zero-order valence-electron chi connectivity index (χ0n) is 16.5. The van der Waals surface area contributed by atoms with Crippen LogP contribution in [-0.4, -0.2) is 38.1 Å². The van der Waals surface area contributed by atoms with Crippen LogP contribution in [0.2, 0.25) is 0 Å². The highest BCUT2D eigenvalue weighted by molar-refractivity contribution is 7.22. The Labute approximate surface area is 167 Å². The standard InChI is InChI=1S/C21H23F2N3OS/c1-13-11-14(2)19-17(12-13)24-21(28-19)26(10-6-9-25(3)4)20(27)18-15(22)7-5-8-16(18)23/h5,7-8,11-12H,6,9-10H2,1-4H3/p+1. The zero-order chi connectivity index (χ0) is 20.4. The number of fused-ring (bicyclic) bond motifs is 1. The number of hydrogen-bond donors (Lipinski definition) is 1. The molecule has 0 aliphatic rings. The molecule has 0 aliphatic heterocycles. The summed E-state index contributed by atoms with van der Waals surface area (Å²) in [6.07, 6.45) is 0.693. The third kappa shape index (κ3) is 4.20. The molecule has 4 nitrogen and oxygen atoms in total. The fraction of sp³-hybridized carbons (Fsp3) is 0.333. The van der Waals surface area contributed by atoms with Crippen molar-refractivity contribution in [1.29, 1.82) is 0 Å². The first-order chi connectivity index (χ1) is 13.3. The maximum absolute atomic E-state index is 14.2. The van der Waals surface area contributed by atoms with Gasteiger partial charge in [0.15, 0.2) is 5.13 Å². The number of carbonyl (C=O) groups excluding carboxylic acids is 1. The first-order valence-electron chi connectivity index (χ1n) is 9.20. The number of quaternary nitrogens is 1. The Morgan fingerprint density at radius 3 is 2.50 bits per heavy atom. The Balaban J connectivity index is 2.04. The minimum absolute atomic E-state index is 0.343. The van der Waals surface area contributed by atoms with Gasteiger partial charge in [-0.15, -0.1) is 0 Å². The van der Waals surface area contributed by atoms with E-state index in [1.807, 2.05) is 34.0 Å². The van der Waals surface area contributed by atoms with Crippen LogP contribution < -0.4 is 9.80 Å². The SMILES string of the molecule is Cc1cc(C)c2sc(N(CCC[NH+](C)C)C(=O)c3c(F)cccc3F)nc2c1. The highest BCUT2D eigenvalue weighted by atomic mass is 32.1. The van der Waals surface area contributed by atoms with Crippen LogP contribution in [0.25, 0.3) is 10.2 Å². The summed E-state index contributed by atoms with van der Waals surface area (Å²) in [7, 11) is 4.04. The number of hydrogen-bond acceptors (Lipinski definition) is 3. The fourth-order valence-corrected chi connectivity index (χ4v) is 4.23. The number of benzene rings is 2. The molecule has 2 aromatic carbocycles. The molecule has 3 aromatic rings. The Morgan fingerprint density at radius 2 is 1.86 bits per heavy atom. The van der Waals surface area contributed by atoms with Crippen molar-refractivity contribution in [2.75, 3.05) is 32.1 Å². The Hall–Kier alpha value is -2.38. The number of aromatic nitrogens is 1. The van der Waals surface area contributed by atoms with Gasteiger partial charge in [0, 0.05) is 13.0 Å². The van der Waals surface area contributed by atoms with Gasteiger partial charge >= 0.3 is 0 Å². The molecule has 0 spiro atoms. The molecule has 28 heavy (non-hydrogen) atoms. The van der Waals surface area contributed by atoms with Gasteiger partial charge in [-0.2, -0.15) is 0 Å². The second kappa shape index (κ2) is 8.32. The van der Waals surface area contributed by atoms with E-state index in [9.17, 15) is 13.6 Å². The normalized spacial score (nSPS) is 11.4. The van der Waals surface area contributed by atoms with Crippen LogP contribution >= 0.6 is 11.3 Å². The van der Waals surface area contributed by atoms with Gasteiger partial charge < -0.3 is 4.90 Å². The zero-order valence-corrected chi connectivity index (χ0v) is 17.3. The van der Waals surface area contributed by atoms with E-state index in [1.54, 1.807) is 0 Å². The number of carbonyl (C=O) groups is 1. The van der Waals surface area contributed by atoms with Crippen LogP contribution in [0.4, 0.5) is 13.9 Å². The van der Waals surface area contributed by atoms with E-state index in [2.05, 4.69) is 11.1 Å². The predicted octanol–water partition coefficient (Wildman–Crippen LogP) is 3.37. The second-order valence-corrected chi connectivity index (χ2v) is 8.27. The first kappa shape index (κ1) is 20.4. The number of nitrogens with one attached hydrogen (secondary N) is 1. The molecule has 7 heteroatoms. The summed E-state index contributed by atoms with van der Waals surface area (Å²) in [6, 6.07) is 7.47. The molecule has 0 radical (unpaired) electrons. The minimum atomic E-state index is -0.860. The quantitative estimate of drug-likeness (QED) is 0.684. The van der Waals surface area contributed by atoms with Gasteiger partial charge in [0.2, 0.25) is 0 Å². The van der Waals surface area contributed by atoms with Crippen molar-refractivity contribution in [2.24, 2.45) is 0 Å². The third-order valence-corrected chi connectivity index (χ3v) is 5.75. The largest absolute Gasteiger partial charge is 0.340 e. The van der Waals surface area contributed by atoms with Crippen LogP contribution in [0.3, 0.4) is 0 Å². The Bertz CT molecular complexity index is 996. The lowest BCUT2D eigenvalue weighted by molar-refractivity contribution is -0.858. The molecule has 0 saturated carbocycles. The second-order valence-electron chi connectivity index (χ2n) is 7.29. The monoisotopic (exact) mass is 404 g/mol. The molecule has 1 aromatic heterocycles. The highest BCUT2D eigenvalue weighted by Crippen LogP contribution is 2.33. The Morgan fingerprint density at radius 1 is 1.18 bits per heavy atom. The summed E-state index contributed by atoms with van der Waals surface area (Å²) in [4.78, 5) is 20.4. The van der Waals surface area contributed by atoms with E-state index in [-0.39, 0.29) is 0 Å². The minimum Gasteiger partial charge on any atom is -0.340 e. The van der Waals surface area contributed by atoms with E-state index in [0.717, 1.165) is 40.0 Å². The van der Waals surface area contributed by atoms with Crippen molar-refractivity contribution in [3.8, 4) is 0 Å². The first-order valence-corrected chi connectivity index (χ1v) is 10.0. The predicted molar refractivity (Wildman–Crippen MR) is 109 cm³/mol. The number of halogens is 2. The maximum atomic E-state index is 14.2. The molecule has 0 unspecified atom stereocenters. The molecule has 3 rings (SSSR count). The van der Waals surface area contributed by atoms with Crippen LogP contribution in [0, 0.1) is 25.5 Å². The molecule has 0 saturated heterocycles. The number of anilines is 1. The molecule has 1 heterocycles. The molecule has 0 atom stereocenters. The lowest BCUT2D eigenvalue weighted by atomic mass is 10.1. The number of thiazole rings is 1. The summed E-state index contributed by atoms with van der Waals surface area (Å²) in [5.74, 6) is -2.42.